The fourth-order valence-electron chi connectivity index (χ4n) is 1.77. The van der Waals surface area contributed by atoms with E-state index in [4.69, 9.17) is 17.3 Å². The van der Waals surface area contributed by atoms with Crippen LogP contribution in [0.3, 0.4) is 0 Å². The SMILES string of the molecule is Nc1nc(Cl)nc(Nc2ccc(/N=N/c3ccccc3)cc2)n1. The molecule has 0 saturated heterocycles. The van der Waals surface area contributed by atoms with E-state index >= 15 is 0 Å². The molecule has 1 aromatic heterocycles. The van der Waals surface area contributed by atoms with Crippen LogP contribution < -0.4 is 11.1 Å². The summed E-state index contributed by atoms with van der Waals surface area (Å²) >= 11 is 5.73. The van der Waals surface area contributed by atoms with Crippen molar-refractivity contribution in [1.82, 2.24) is 15.0 Å². The minimum atomic E-state index is 0.0354. The first-order chi connectivity index (χ1) is 11.2. The third-order valence-electron chi connectivity index (χ3n) is 2.79. The lowest BCUT2D eigenvalue weighted by Crippen LogP contribution is -2.03. The van der Waals surface area contributed by atoms with Gasteiger partial charge in [-0.3, -0.25) is 0 Å². The van der Waals surface area contributed by atoms with E-state index in [2.05, 4.69) is 30.5 Å². The van der Waals surface area contributed by atoms with Gasteiger partial charge in [0.05, 0.1) is 11.4 Å². The number of nitrogens with zero attached hydrogens (tertiary/aromatic N) is 5. The molecular weight excluding hydrogens is 314 g/mol. The quantitative estimate of drug-likeness (QED) is 0.697. The maximum absolute atomic E-state index is 5.73. The number of aromatic nitrogens is 3. The number of hydrogen-bond donors (Lipinski definition) is 2. The summed E-state index contributed by atoms with van der Waals surface area (Å²) in [7, 11) is 0. The van der Waals surface area contributed by atoms with E-state index in [0.29, 0.717) is 0 Å². The average Bonchev–Trinajstić information content (AvgIpc) is 2.54. The van der Waals surface area contributed by atoms with Gasteiger partial charge in [0.1, 0.15) is 0 Å². The maximum Gasteiger partial charge on any atom is 0.233 e. The number of rotatable bonds is 4. The molecule has 3 aromatic rings. The fourth-order valence-corrected chi connectivity index (χ4v) is 1.94. The molecule has 8 heteroatoms. The number of nitrogens with two attached hydrogens (primary N) is 1. The Kier molecular flexibility index (Phi) is 4.39. The van der Waals surface area contributed by atoms with Crippen molar-refractivity contribution in [1.29, 1.82) is 0 Å². The summed E-state index contributed by atoms with van der Waals surface area (Å²) in [6.45, 7) is 0. The van der Waals surface area contributed by atoms with Gasteiger partial charge < -0.3 is 11.1 Å². The van der Waals surface area contributed by atoms with Crippen LogP contribution in [0.2, 0.25) is 5.28 Å². The van der Waals surface area contributed by atoms with Crippen LogP contribution in [0.1, 0.15) is 0 Å². The molecule has 1 heterocycles. The monoisotopic (exact) mass is 325 g/mol. The topological polar surface area (TPSA) is 101 Å². The zero-order valence-corrected chi connectivity index (χ0v) is 12.6. The lowest BCUT2D eigenvalue weighted by Gasteiger charge is -2.05. The largest absolute Gasteiger partial charge is 0.368 e. The molecule has 0 bridgehead atoms. The molecule has 0 aliphatic heterocycles. The summed E-state index contributed by atoms with van der Waals surface area (Å²) in [6, 6.07) is 16.8. The Labute approximate surface area is 137 Å². The summed E-state index contributed by atoms with van der Waals surface area (Å²) in [5.74, 6) is 0.335. The first kappa shape index (κ1) is 14.9. The molecule has 0 amide bonds. The number of anilines is 3. The molecule has 0 unspecified atom stereocenters. The lowest BCUT2D eigenvalue weighted by molar-refractivity contribution is 1.07. The Morgan fingerprint density at radius 2 is 1.48 bits per heavy atom. The highest BCUT2D eigenvalue weighted by molar-refractivity contribution is 6.28. The second kappa shape index (κ2) is 6.80. The van der Waals surface area contributed by atoms with E-state index in [-0.39, 0.29) is 17.2 Å². The zero-order valence-electron chi connectivity index (χ0n) is 11.9. The third-order valence-corrected chi connectivity index (χ3v) is 2.96. The summed E-state index contributed by atoms with van der Waals surface area (Å²) in [5, 5.41) is 11.3. The minimum absolute atomic E-state index is 0.0354. The Hall–Kier alpha value is -3.06. The Balaban J connectivity index is 1.71. The summed E-state index contributed by atoms with van der Waals surface area (Å²) in [6.07, 6.45) is 0. The highest BCUT2D eigenvalue weighted by Gasteiger charge is 2.02. The van der Waals surface area contributed by atoms with Crippen molar-refractivity contribution >= 4 is 40.6 Å². The van der Waals surface area contributed by atoms with E-state index in [1.165, 1.54) is 0 Å². The minimum Gasteiger partial charge on any atom is -0.368 e. The van der Waals surface area contributed by atoms with Crippen molar-refractivity contribution in [3.63, 3.8) is 0 Å². The van der Waals surface area contributed by atoms with Gasteiger partial charge in [-0.2, -0.15) is 25.2 Å². The highest BCUT2D eigenvalue weighted by atomic mass is 35.5. The van der Waals surface area contributed by atoms with Crippen LogP contribution in [0, 0.1) is 0 Å². The molecule has 0 aliphatic rings. The predicted octanol–water partition coefficient (Wildman–Crippen LogP) is 4.27. The molecule has 7 nitrogen and oxygen atoms in total. The van der Waals surface area contributed by atoms with E-state index in [9.17, 15) is 0 Å². The Bertz CT molecular complexity index is 799. The Morgan fingerprint density at radius 1 is 0.826 bits per heavy atom. The third kappa shape index (κ3) is 4.21. The molecule has 23 heavy (non-hydrogen) atoms. The van der Waals surface area contributed by atoms with Crippen molar-refractivity contribution in [2.75, 3.05) is 11.1 Å². The molecule has 0 atom stereocenters. The van der Waals surface area contributed by atoms with Crippen molar-refractivity contribution in [3.8, 4) is 0 Å². The standard InChI is InChI=1S/C15H12ClN7/c16-13-19-14(17)21-15(20-13)18-10-6-8-12(9-7-10)23-22-11-4-2-1-3-5-11/h1-9H,(H3,17,18,19,20,21)/b23-22+. The second-order valence-electron chi connectivity index (χ2n) is 4.49. The molecular formula is C15H12ClN7. The molecule has 114 valence electrons. The van der Waals surface area contributed by atoms with Gasteiger partial charge in [0, 0.05) is 5.69 Å². The number of nitrogen functional groups attached to an aromatic ring is 1. The van der Waals surface area contributed by atoms with Crippen LogP contribution in [-0.4, -0.2) is 15.0 Å². The fraction of sp³-hybridized carbons (Fsp3) is 0. The van der Waals surface area contributed by atoms with Crippen LogP contribution in [0.15, 0.2) is 64.8 Å². The average molecular weight is 326 g/mol. The van der Waals surface area contributed by atoms with E-state index in [1.807, 2.05) is 54.6 Å². The maximum atomic E-state index is 5.73. The van der Waals surface area contributed by atoms with E-state index in [1.54, 1.807) is 0 Å². The number of nitrogens with one attached hydrogen (secondary N) is 1. The van der Waals surface area contributed by atoms with Crippen molar-refractivity contribution < 1.29 is 0 Å². The van der Waals surface area contributed by atoms with E-state index < -0.39 is 0 Å². The molecule has 3 N–H and O–H groups in total. The van der Waals surface area contributed by atoms with Gasteiger partial charge in [0.2, 0.25) is 17.2 Å². The van der Waals surface area contributed by atoms with E-state index in [0.717, 1.165) is 17.1 Å². The summed E-state index contributed by atoms with van der Waals surface area (Å²) < 4.78 is 0. The summed E-state index contributed by atoms with van der Waals surface area (Å²) in [5.41, 5.74) is 7.81. The van der Waals surface area contributed by atoms with Gasteiger partial charge in [0.15, 0.2) is 0 Å². The number of halogens is 1. The summed E-state index contributed by atoms with van der Waals surface area (Å²) in [4.78, 5) is 11.6. The second-order valence-corrected chi connectivity index (χ2v) is 4.83. The first-order valence-electron chi connectivity index (χ1n) is 6.70. The predicted molar refractivity (Wildman–Crippen MR) is 89.6 cm³/mol. The number of hydrogen-bond acceptors (Lipinski definition) is 7. The number of benzene rings is 2. The molecule has 0 spiro atoms. The van der Waals surface area contributed by atoms with Crippen molar-refractivity contribution in [2.45, 2.75) is 0 Å². The Morgan fingerprint density at radius 3 is 2.13 bits per heavy atom. The zero-order chi connectivity index (χ0) is 16.1. The molecule has 0 aliphatic carbocycles. The molecule has 0 fully saturated rings. The number of azo groups is 1. The lowest BCUT2D eigenvalue weighted by atomic mass is 10.3. The van der Waals surface area contributed by atoms with Crippen molar-refractivity contribution in [3.05, 3.63) is 59.9 Å². The van der Waals surface area contributed by atoms with Gasteiger partial charge in [-0.15, -0.1) is 0 Å². The molecule has 0 saturated carbocycles. The molecule has 2 aromatic carbocycles. The van der Waals surface area contributed by atoms with Crippen LogP contribution >= 0.6 is 11.6 Å². The molecule has 3 rings (SSSR count). The first-order valence-corrected chi connectivity index (χ1v) is 7.08. The van der Waals surface area contributed by atoms with Crippen molar-refractivity contribution in [2.24, 2.45) is 10.2 Å². The normalized spacial score (nSPS) is 10.8. The van der Waals surface area contributed by atoms with Crippen LogP contribution in [0.25, 0.3) is 0 Å². The highest BCUT2D eigenvalue weighted by Crippen LogP contribution is 2.21. The van der Waals surface area contributed by atoms with Crippen LogP contribution in [0.5, 0.6) is 0 Å². The van der Waals surface area contributed by atoms with Crippen LogP contribution in [0.4, 0.5) is 29.0 Å². The smallest absolute Gasteiger partial charge is 0.233 e. The van der Waals surface area contributed by atoms with Crippen LogP contribution in [-0.2, 0) is 0 Å². The van der Waals surface area contributed by atoms with Gasteiger partial charge in [-0.25, -0.2) is 0 Å². The van der Waals surface area contributed by atoms with Gasteiger partial charge in [-0.05, 0) is 48.0 Å². The van der Waals surface area contributed by atoms with Gasteiger partial charge >= 0.3 is 0 Å². The molecule has 0 radical (unpaired) electrons. The van der Waals surface area contributed by atoms with Gasteiger partial charge in [0.25, 0.3) is 0 Å². The van der Waals surface area contributed by atoms with Gasteiger partial charge in [-0.1, -0.05) is 18.2 Å².